The molecule has 21 heavy (non-hydrogen) atoms. The van der Waals surface area contributed by atoms with E-state index in [9.17, 15) is 9.90 Å². The monoisotopic (exact) mass is 305 g/mol. The number of nitrogens with one attached hydrogen (secondary N) is 1. The minimum Gasteiger partial charge on any atom is -0.384 e. The van der Waals surface area contributed by atoms with E-state index in [-0.39, 0.29) is 18.4 Å². The molecule has 3 rings (SSSR count). The third-order valence-corrected chi connectivity index (χ3v) is 4.78. The first-order valence-electron chi connectivity index (χ1n) is 7.08. The van der Waals surface area contributed by atoms with Crippen molar-refractivity contribution in [3.63, 3.8) is 0 Å². The van der Waals surface area contributed by atoms with E-state index in [1.54, 1.807) is 6.92 Å². The molecule has 0 bridgehead atoms. The fourth-order valence-corrected chi connectivity index (χ4v) is 3.45. The van der Waals surface area contributed by atoms with Gasteiger partial charge in [0.05, 0.1) is 12.9 Å². The van der Waals surface area contributed by atoms with Gasteiger partial charge in [-0.2, -0.15) is 11.3 Å². The van der Waals surface area contributed by atoms with Gasteiger partial charge < -0.3 is 15.0 Å². The van der Waals surface area contributed by atoms with Crippen molar-refractivity contribution in [1.82, 2.24) is 14.9 Å². The molecule has 2 unspecified atom stereocenters. The van der Waals surface area contributed by atoms with Crippen molar-refractivity contribution in [1.29, 1.82) is 0 Å². The number of carbonyl (C=O) groups is 1. The normalized spacial score (nSPS) is 20.6. The Bertz CT molecular complexity index is 619. The van der Waals surface area contributed by atoms with E-state index < -0.39 is 5.60 Å². The van der Waals surface area contributed by atoms with Gasteiger partial charge in [0.2, 0.25) is 5.91 Å². The first-order valence-corrected chi connectivity index (χ1v) is 8.02. The first kappa shape index (κ1) is 14.3. The molecule has 1 amide bonds. The molecular weight excluding hydrogens is 286 g/mol. The number of thiophene rings is 1. The van der Waals surface area contributed by atoms with Gasteiger partial charge in [-0.3, -0.25) is 4.79 Å². The summed E-state index contributed by atoms with van der Waals surface area (Å²) >= 11 is 1.54. The highest BCUT2D eigenvalue weighted by Gasteiger charge is 2.28. The van der Waals surface area contributed by atoms with E-state index >= 15 is 0 Å². The molecule has 1 aliphatic rings. The van der Waals surface area contributed by atoms with Crippen molar-refractivity contribution in [3.05, 3.63) is 40.6 Å². The quantitative estimate of drug-likeness (QED) is 0.900. The van der Waals surface area contributed by atoms with Crippen LogP contribution in [0.3, 0.4) is 0 Å². The number of carbonyl (C=O) groups excluding carboxylic acids is 1. The molecule has 2 N–H and O–H groups in total. The zero-order valence-corrected chi connectivity index (χ0v) is 12.8. The molecule has 0 saturated carbocycles. The maximum atomic E-state index is 12.3. The summed E-state index contributed by atoms with van der Waals surface area (Å²) in [6.45, 7) is 2.79. The Morgan fingerprint density at radius 1 is 1.67 bits per heavy atom. The van der Waals surface area contributed by atoms with Crippen molar-refractivity contribution in [2.75, 3.05) is 6.54 Å². The van der Waals surface area contributed by atoms with Crippen LogP contribution in [0.5, 0.6) is 0 Å². The Morgan fingerprint density at radius 3 is 3.29 bits per heavy atom. The number of rotatable bonds is 4. The molecule has 0 saturated heterocycles. The number of aromatic nitrogens is 2. The summed E-state index contributed by atoms with van der Waals surface area (Å²) in [6.07, 6.45) is 5.16. The highest BCUT2D eigenvalue weighted by molar-refractivity contribution is 7.08. The zero-order valence-electron chi connectivity index (χ0n) is 12.0. The van der Waals surface area contributed by atoms with Gasteiger partial charge in [-0.05, 0) is 35.7 Å². The Labute approximate surface area is 127 Å². The van der Waals surface area contributed by atoms with Gasteiger partial charge in [0.15, 0.2) is 0 Å². The molecule has 0 aromatic carbocycles. The van der Waals surface area contributed by atoms with E-state index in [1.165, 1.54) is 11.3 Å². The van der Waals surface area contributed by atoms with Gasteiger partial charge in [-0.1, -0.05) is 0 Å². The molecule has 2 aromatic rings. The van der Waals surface area contributed by atoms with Crippen molar-refractivity contribution >= 4 is 17.2 Å². The van der Waals surface area contributed by atoms with Crippen LogP contribution in [-0.2, 0) is 23.4 Å². The summed E-state index contributed by atoms with van der Waals surface area (Å²) in [7, 11) is 0. The van der Waals surface area contributed by atoms with Crippen molar-refractivity contribution in [3.8, 4) is 0 Å². The van der Waals surface area contributed by atoms with E-state index in [0.29, 0.717) is 6.42 Å². The SMILES string of the molecule is CC(O)(CNC(=O)C1CCn2cncc2C1)c1ccsc1. The van der Waals surface area contributed by atoms with E-state index in [4.69, 9.17) is 0 Å². The molecule has 0 spiro atoms. The Kier molecular flexibility index (Phi) is 3.82. The number of amides is 1. The molecule has 3 heterocycles. The standard InChI is InChI=1S/C15H19N3O2S/c1-15(20,12-3-5-21-8-12)9-17-14(19)11-2-4-18-10-16-7-13(18)6-11/h3,5,7-8,10-11,20H,2,4,6,9H2,1H3,(H,17,19). The van der Waals surface area contributed by atoms with Crippen molar-refractivity contribution in [2.45, 2.75) is 31.9 Å². The summed E-state index contributed by atoms with van der Waals surface area (Å²) in [5.74, 6) is -0.0228. The Hall–Kier alpha value is -1.66. The van der Waals surface area contributed by atoms with E-state index in [0.717, 1.165) is 24.2 Å². The van der Waals surface area contributed by atoms with Gasteiger partial charge >= 0.3 is 0 Å². The van der Waals surface area contributed by atoms with Crippen LogP contribution in [0.25, 0.3) is 0 Å². The van der Waals surface area contributed by atoms with Crippen LogP contribution in [0.4, 0.5) is 0 Å². The number of aryl methyl sites for hydroxylation is 1. The molecule has 2 atom stereocenters. The van der Waals surface area contributed by atoms with E-state index in [1.807, 2.05) is 29.4 Å². The number of hydrogen-bond acceptors (Lipinski definition) is 4. The fraction of sp³-hybridized carbons (Fsp3) is 0.467. The lowest BCUT2D eigenvalue weighted by molar-refractivity contribution is -0.126. The van der Waals surface area contributed by atoms with Crippen molar-refractivity contribution < 1.29 is 9.90 Å². The summed E-state index contributed by atoms with van der Waals surface area (Å²) in [6, 6.07) is 1.88. The third-order valence-electron chi connectivity index (χ3n) is 4.09. The number of nitrogens with zero attached hydrogens (tertiary/aromatic N) is 2. The average molecular weight is 305 g/mol. The lowest BCUT2D eigenvalue weighted by atomic mass is 9.94. The summed E-state index contributed by atoms with van der Waals surface area (Å²) < 4.78 is 2.09. The van der Waals surface area contributed by atoms with Crippen LogP contribution >= 0.6 is 11.3 Å². The first-order chi connectivity index (χ1) is 10.1. The number of hydrogen-bond donors (Lipinski definition) is 2. The van der Waals surface area contributed by atoms with Crippen molar-refractivity contribution in [2.24, 2.45) is 5.92 Å². The predicted molar refractivity (Wildman–Crippen MR) is 80.9 cm³/mol. The maximum absolute atomic E-state index is 12.3. The maximum Gasteiger partial charge on any atom is 0.223 e. The van der Waals surface area contributed by atoms with Gasteiger partial charge in [0, 0.05) is 30.8 Å². The molecule has 0 fully saturated rings. The highest BCUT2D eigenvalue weighted by atomic mass is 32.1. The Morgan fingerprint density at radius 2 is 2.52 bits per heavy atom. The van der Waals surface area contributed by atoms with Crippen LogP contribution in [0.15, 0.2) is 29.4 Å². The zero-order chi connectivity index (χ0) is 14.9. The number of imidazole rings is 1. The summed E-state index contributed by atoms with van der Waals surface area (Å²) in [5, 5.41) is 17.1. The largest absolute Gasteiger partial charge is 0.384 e. The smallest absolute Gasteiger partial charge is 0.223 e. The predicted octanol–water partition coefficient (Wildman–Crippen LogP) is 1.53. The van der Waals surface area contributed by atoms with Gasteiger partial charge in [0.1, 0.15) is 5.60 Å². The van der Waals surface area contributed by atoms with E-state index in [2.05, 4.69) is 14.9 Å². The van der Waals surface area contributed by atoms with Crippen LogP contribution < -0.4 is 5.32 Å². The Balaban J connectivity index is 1.58. The summed E-state index contributed by atoms with van der Waals surface area (Å²) in [4.78, 5) is 16.4. The molecule has 1 aliphatic heterocycles. The molecule has 0 radical (unpaired) electrons. The van der Waals surface area contributed by atoms with Crippen LogP contribution in [0.2, 0.25) is 0 Å². The second kappa shape index (κ2) is 5.61. The van der Waals surface area contributed by atoms with Crippen LogP contribution in [0.1, 0.15) is 24.6 Å². The lowest BCUT2D eigenvalue weighted by Crippen LogP contribution is -2.42. The second-order valence-corrected chi connectivity index (χ2v) is 6.55. The minimum absolute atomic E-state index is 0.0120. The minimum atomic E-state index is -1.02. The topological polar surface area (TPSA) is 67.2 Å². The molecule has 0 aliphatic carbocycles. The third kappa shape index (κ3) is 3.01. The lowest BCUT2D eigenvalue weighted by Gasteiger charge is -2.26. The molecular formula is C15H19N3O2S. The molecule has 6 heteroatoms. The fourth-order valence-electron chi connectivity index (χ4n) is 2.67. The number of aliphatic hydroxyl groups is 1. The number of fused-ring (bicyclic) bond motifs is 1. The summed E-state index contributed by atoms with van der Waals surface area (Å²) in [5.41, 5.74) is 0.923. The highest BCUT2D eigenvalue weighted by Crippen LogP contribution is 2.23. The second-order valence-electron chi connectivity index (χ2n) is 5.77. The van der Waals surface area contributed by atoms with Crippen LogP contribution in [-0.4, -0.2) is 27.1 Å². The average Bonchev–Trinajstić information content (AvgIpc) is 3.14. The molecule has 5 nitrogen and oxygen atoms in total. The van der Waals surface area contributed by atoms with Gasteiger partial charge in [0.25, 0.3) is 0 Å². The molecule has 2 aromatic heterocycles. The van der Waals surface area contributed by atoms with Crippen LogP contribution in [0, 0.1) is 5.92 Å². The molecule has 112 valence electrons. The van der Waals surface area contributed by atoms with Gasteiger partial charge in [-0.25, -0.2) is 4.98 Å². The van der Waals surface area contributed by atoms with Gasteiger partial charge in [-0.15, -0.1) is 0 Å².